The zero-order valence-electron chi connectivity index (χ0n) is 39.7. The molecule has 0 fully saturated rings. The van der Waals surface area contributed by atoms with Crippen LogP contribution in [0.2, 0.25) is 0 Å². The number of unbranched alkanes of at least 4 members (excludes halogenated alkanes) is 1. The van der Waals surface area contributed by atoms with Crippen molar-refractivity contribution in [2.75, 3.05) is 41.0 Å². The number of carboxylic acid groups (broad SMARTS) is 1. The van der Waals surface area contributed by atoms with E-state index in [9.17, 15) is 19.5 Å². The van der Waals surface area contributed by atoms with Gasteiger partial charge in [0.05, 0.1) is 34.4 Å². The highest BCUT2D eigenvalue weighted by Gasteiger charge is 2.31. The Morgan fingerprint density at radius 2 is 0.841 bits per heavy atom. The average Bonchev–Trinajstić information content (AvgIpc) is 3.24. The van der Waals surface area contributed by atoms with E-state index in [1.807, 2.05) is 33.3 Å². The number of hydrogen-bond donors (Lipinski definition) is 1. The number of esters is 2. The number of rotatable bonds is 39. The standard InChI is InChI=1S/C55H83NO7/c1-6-8-10-12-14-16-18-20-22-24-25-26-27-28-29-30-32-33-35-37-39-41-43-45-53(57)62-50-51(49-61-48-47-52(55(59)60)56(3,4)5)63-54(58)46-44-42-40-38-36-34-31-23-21-19-17-15-13-11-9-7-2/h8-11,14-17,20-23,25-26,28-29,32-34,36-37,39-40,42,51-52H,6-7,12-13,18-19,24,27,30-31,35,38,41,43-50H2,1-5H3/p+1/b10-8+,11-9+,16-14+,17-15+,22-20+,23-21+,26-25+,29-28+,33-32+,36-34+,39-37+,42-40+. The molecule has 0 aromatic carbocycles. The van der Waals surface area contributed by atoms with E-state index in [1.165, 1.54) is 0 Å². The van der Waals surface area contributed by atoms with Gasteiger partial charge in [0, 0.05) is 19.3 Å². The van der Waals surface area contributed by atoms with Gasteiger partial charge >= 0.3 is 17.9 Å². The number of nitrogens with zero attached hydrogens (tertiary/aromatic N) is 1. The lowest BCUT2D eigenvalue weighted by atomic mass is 10.1. The Balaban J connectivity index is 4.54. The second-order valence-corrected chi connectivity index (χ2v) is 15.9. The molecule has 2 unspecified atom stereocenters. The third-order valence-electron chi connectivity index (χ3n) is 9.25. The van der Waals surface area contributed by atoms with E-state index in [4.69, 9.17) is 14.2 Å². The molecule has 63 heavy (non-hydrogen) atoms. The molecule has 350 valence electrons. The van der Waals surface area contributed by atoms with Crippen molar-refractivity contribution >= 4 is 17.9 Å². The van der Waals surface area contributed by atoms with Gasteiger partial charge in [-0.15, -0.1) is 0 Å². The SMILES string of the molecule is CC/C=C/C/C=C/C/C=C/C/C=C/C/C=C/C/C=C/C/C=C/CCCC(=O)OCC(COCCC(C(=O)O)[N+](C)(C)C)OC(=O)CC/C=C/C/C=C/C/C=C/C/C=C/C/C=C/CC. The predicted octanol–water partition coefficient (Wildman–Crippen LogP) is 13.4. The normalized spacial score (nSPS) is 14.2. The smallest absolute Gasteiger partial charge is 0.362 e. The third kappa shape index (κ3) is 42.3. The molecule has 0 aromatic heterocycles. The number of ether oxygens (including phenoxy) is 3. The van der Waals surface area contributed by atoms with Crippen molar-refractivity contribution in [2.45, 2.75) is 142 Å². The largest absolute Gasteiger partial charge is 0.477 e. The van der Waals surface area contributed by atoms with E-state index in [0.717, 1.165) is 83.5 Å². The molecule has 0 bridgehead atoms. The lowest BCUT2D eigenvalue weighted by Gasteiger charge is -2.31. The topological polar surface area (TPSA) is 99.1 Å². The summed E-state index contributed by atoms with van der Waals surface area (Å²) in [5.41, 5.74) is 0. The first kappa shape index (κ1) is 58.2. The van der Waals surface area contributed by atoms with Crippen LogP contribution in [0.4, 0.5) is 0 Å². The van der Waals surface area contributed by atoms with Crippen molar-refractivity contribution in [2.24, 2.45) is 0 Å². The molecule has 0 aliphatic carbocycles. The van der Waals surface area contributed by atoms with Gasteiger partial charge in [-0.25, -0.2) is 4.79 Å². The number of aliphatic carboxylic acids is 1. The summed E-state index contributed by atoms with van der Waals surface area (Å²) in [6.07, 6.45) is 64.9. The van der Waals surface area contributed by atoms with Gasteiger partial charge in [-0.2, -0.15) is 0 Å². The Morgan fingerprint density at radius 3 is 1.21 bits per heavy atom. The molecule has 0 radical (unpaired) electrons. The van der Waals surface area contributed by atoms with Crippen LogP contribution < -0.4 is 0 Å². The van der Waals surface area contributed by atoms with Crippen LogP contribution in [0.15, 0.2) is 146 Å². The summed E-state index contributed by atoms with van der Waals surface area (Å²) in [6, 6.07) is -0.646. The average molecular weight is 871 g/mol. The Morgan fingerprint density at radius 1 is 0.476 bits per heavy atom. The summed E-state index contributed by atoms with van der Waals surface area (Å²) in [5, 5.41) is 9.63. The van der Waals surface area contributed by atoms with Crippen LogP contribution in [0.5, 0.6) is 0 Å². The minimum atomic E-state index is -0.901. The molecule has 0 aliphatic rings. The lowest BCUT2D eigenvalue weighted by Crippen LogP contribution is -2.50. The molecule has 8 nitrogen and oxygen atoms in total. The van der Waals surface area contributed by atoms with E-state index in [1.54, 1.807) is 0 Å². The minimum absolute atomic E-state index is 0.00150. The van der Waals surface area contributed by atoms with Crippen LogP contribution in [0.3, 0.4) is 0 Å². The molecule has 0 spiro atoms. The number of carbonyl (C=O) groups excluding carboxylic acids is 2. The molecule has 0 saturated heterocycles. The third-order valence-corrected chi connectivity index (χ3v) is 9.25. The van der Waals surface area contributed by atoms with Crippen molar-refractivity contribution in [3.8, 4) is 0 Å². The van der Waals surface area contributed by atoms with Crippen LogP contribution in [0.1, 0.15) is 129 Å². The second kappa shape index (κ2) is 43.8. The van der Waals surface area contributed by atoms with Gasteiger partial charge in [-0.3, -0.25) is 9.59 Å². The highest BCUT2D eigenvalue weighted by Crippen LogP contribution is 2.10. The Labute approximate surface area is 383 Å². The summed E-state index contributed by atoms with van der Waals surface area (Å²) in [4.78, 5) is 37.0. The number of quaternary nitrogens is 1. The lowest BCUT2D eigenvalue weighted by molar-refractivity contribution is -0.887. The Kier molecular flexibility index (Phi) is 40.5. The van der Waals surface area contributed by atoms with E-state index < -0.39 is 24.1 Å². The van der Waals surface area contributed by atoms with Gasteiger partial charge in [0.25, 0.3) is 0 Å². The van der Waals surface area contributed by atoms with E-state index in [-0.39, 0.29) is 49.5 Å². The zero-order valence-corrected chi connectivity index (χ0v) is 39.7. The van der Waals surface area contributed by atoms with Gasteiger partial charge in [-0.1, -0.05) is 160 Å². The number of carbonyl (C=O) groups is 3. The van der Waals surface area contributed by atoms with Crippen molar-refractivity contribution < 1.29 is 38.2 Å². The first-order chi connectivity index (χ1) is 30.6. The fourth-order valence-corrected chi connectivity index (χ4v) is 5.72. The highest BCUT2D eigenvalue weighted by atomic mass is 16.6. The first-order valence-corrected chi connectivity index (χ1v) is 23.4. The van der Waals surface area contributed by atoms with E-state index in [0.29, 0.717) is 12.8 Å². The molecule has 0 saturated carbocycles. The van der Waals surface area contributed by atoms with Crippen molar-refractivity contribution in [1.82, 2.24) is 0 Å². The molecule has 0 heterocycles. The monoisotopic (exact) mass is 871 g/mol. The maximum absolute atomic E-state index is 12.7. The fourth-order valence-electron chi connectivity index (χ4n) is 5.72. The summed E-state index contributed by atoms with van der Waals surface area (Å²) >= 11 is 0. The maximum atomic E-state index is 12.7. The van der Waals surface area contributed by atoms with Crippen LogP contribution in [-0.4, -0.2) is 80.6 Å². The minimum Gasteiger partial charge on any atom is -0.477 e. The first-order valence-electron chi connectivity index (χ1n) is 23.4. The van der Waals surface area contributed by atoms with Crippen LogP contribution >= 0.6 is 0 Å². The van der Waals surface area contributed by atoms with Gasteiger partial charge in [0.1, 0.15) is 6.61 Å². The Bertz CT molecular complexity index is 1530. The molecule has 8 heteroatoms. The summed E-state index contributed by atoms with van der Waals surface area (Å²) in [6.45, 7) is 4.33. The molecule has 1 N–H and O–H groups in total. The number of carboxylic acids is 1. The molecular formula is C55H84NO7+. The summed E-state index contributed by atoms with van der Waals surface area (Å²) in [5.74, 6) is -1.68. The summed E-state index contributed by atoms with van der Waals surface area (Å²) < 4.78 is 17.1. The van der Waals surface area contributed by atoms with Gasteiger partial charge in [-0.05, 0) is 96.3 Å². The maximum Gasteiger partial charge on any atom is 0.362 e. The Hall–Kier alpha value is -4.79. The second-order valence-electron chi connectivity index (χ2n) is 15.9. The van der Waals surface area contributed by atoms with Gasteiger partial charge < -0.3 is 23.8 Å². The number of hydrogen-bond acceptors (Lipinski definition) is 6. The fraction of sp³-hybridized carbons (Fsp3) is 0.509. The van der Waals surface area contributed by atoms with E-state index >= 15 is 0 Å². The molecule has 0 aliphatic heterocycles. The van der Waals surface area contributed by atoms with Crippen molar-refractivity contribution in [1.29, 1.82) is 0 Å². The zero-order chi connectivity index (χ0) is 46.3. The molecular weight excluding hydrogens is 787 g/mol. The highest BCUT2D eigenvalue weighted by molar-refractivity contribution is 5.72. The number of allylic oxidation sites excluding steroid dienone is 24. The molecule has 0 rings (SSSR count). The predicted molar refractivity (Wildman–Crippen MR) is 265 cm³/mol. The number of likely N-dealkylation sites (N-methyl/N-ethyl adjacent to an activating group) is 1. The van der Waals surface area contributed by atoms with Crippen molar-refractivity contribution in [3.63, 3.8) is 0 Å². The van der Waals surface area contributed by atoms with Crippen molar-refractivity contribution in [3.05, 3.63) is 146 Å². The molecule has 0 amide bonds. The van der Waals surface area contributed by atoms with E-state index in [2.05, 4.69) is 148 Å². The van der Waals surface area contributed by atoms with Gasteiger partial charge in [0.15, 0.2) is 12.1 Å². The quantitative estimate of drug-likeness (QED) is 0.0284. The summed E-state index contributed by atoms with van der Waals surface area (Å²) in [7, 11) is 5.47. The van der Waals surface area contributed by atoms with Crippen LogP contribution in [0.25, 0.3) is 0 Å². The molecule has 2 atom stereocenters. The van der Waals surface area contributed by atoms with Crippen LogP contribution in [-0.2, 0) is 28.6 Å². The van der Waals surface area contributed by atoms with Crippen LogP contribution in [0, 0.1) is 0 Å². The van der Waals surface area contributed by atoms with Gasteiger partial charge in [0.2, 0.25) is 0 Å². The molecule has 0 aromatic rings.